The number of carbonyl (C=O) groups is 1. The molecule has 0 aliphatic rings. The maximum atomic E-state index is 13.6. The van der Waals surface area contributed by atoms with E-state index in [1.165, 1.54) is 23.9 Å². The van der Waals surface area contributed by atoms with Crippen LogP contribution in [-0.4, -0.2) is 33.7 Å². The molecule has 41 heavy (non-hydrogen) atoms. The highest BCUT2D eigenvalue weighted by atomic mass is 32.2. The Morgan fingerprint density at radius 3 is 2.02 bits per heavy atom. The number of carbonyl (C=O) groups excluding carboxylic acids is 1. The third kappa shape index (κ3) is 8.25. The number of amides is 1. The van der Waals surface area contributed by atoms with E-state index < -0.39 is 22.5 Å². The summed E-state index contributed by atoms with van der Waals surface area (Å²) in [5.74, 6) is 0.474. The quantitative estimate of drug-likeness (QED) is 0.190. The summed E-state index contributed by atoms with van der Waals surface area (Å²) < 4.78 is 52.7. The lowest BCUT2D eigenvalue weighted by atomic mass is 10.2. The summed E-state index contributed by atoms with van der Waals surface area (Å²) in [5.41, 5.74) is 2.01. The van der Waals surface area contributed by atoms with E-state index in [1.54, 1.807) is 72.8 Å². The van der Waals surface area contributed by atoms with Crippen molar-refractivity contribution in [1.29, 1.82) is 0 Å². The second kappa shape index (κ2) is 14.0. The predicted molar refractivity (Wildman–Crippen MR) is 159 cm³/mol. The van der Waals surface area contributed by atoms with Gasteiger partial charge in [-0.3, -0.25) is 9.10 Å². The van der Waals surface area contributed by atoms with Crippen LogP contribution in [-0.2, 0) is 28.0 Å². The number of rotatable bonds is 13. The zero-order chi connectivity index (χ0) is 29.2. The Morgan fingerprint density at radius 1 is 0.829 bits per heavy atom. The van der Waals surface area contributed by atoms with Crippen LogP contribution in [0.4, 0.5) is 10.1 Å². The van der Waals surface area contributed by atoms with Crippen molar-refractivity contribution in [3.8, 4) is 11.5 Å². The van der Waals surface area contributed by atoms with Gasteiger partial charge >= 0.3 is 0 Å². The van der Waals surface area contributed by atoms with Crippen molar-refractivity contribution >= 4 is 33.4 Å². The van der Waals surface area contributed by atoms with Crippen LogP contribution < -0.4 is 19.1 Å². The van der Waals surface area contributed by atoms with Crippen LogP contribution in [0, 0.1) is 5.82 Å². The van der Waals surface area contributed by atoms with Crippen molar-refractivity contribution in [1.82, 2.24) is 5.32 Å². The monoisotopic (exact) mass is 594 g/mol. The Hall–Kier alpha value is -4.02. The van der Waals surface area contributed by atoms with Gasteiger partial charge in [0.1, 0.15) is 30.5 Å². The van der Waals surface area contributed by atoms with E-state index in [-0.39, 0.29) is 17.3 Å². The summed E-state index contributed by atoms with van der Waals surface area (Å²) in [6.45, 7) is 2.44. The summed E-state index contributed by atoms with van der Waals surface area (Å²) in [5, 5.41) is 2.81. The number of hydrogen-bond donors (Lipinski definition) is 1. The molecule has 0 saturated carbocycles. The number of sulfonamides is 1. The lowest BCUT2D eigenvalue weighted by molar-refractivity contribution is -0.119. The Labute approximate surface area is 244 Å². The van der Waals surface area contributed by atoms with Crippen molar-refractivity contribution in [2.75, 3.05) is 23.7 Å². The Kier molecular flexibility index (Phi) is 10.3. The molecule has 1 N–H and O–H groups in total. The smallest absolute Gasteiger partial charge is 0.264 e. The standard InChI is InChI=1S/C31H31FN2O5S2/c1-3-38-27-14-10-26(11-15-27)34(41(36,37)30-18-16-29(40-2)17-19-30)21-31(35)33-20-23-6-12-28(13-7-23)39-22-24-4-8-25(32)9-5-24/h4-19H,3,20-22H2,1-2H3,(H,33,35). The van der Waals surface area contributed by atoms with Gasteiger partial charge in [-0.25, -0.2) is 12.8 Å². The molecule has 0 aliphatic carbocycles. The van der Waals surface area contributed by atoms with Gasteiger partial charge in [0.15, 0.2) is 0 Å². The molecule has 4 aromatic carbocycles. The largest absolute Gasteiger partial charge is 0.494 e. The lowest BCUT2D eigenvalue weighted by Gasteiger charge is -2.24. The minimum atomic E-state index is -4.03. The van der Waals surface area contributed by atoms with Gasteiger partial charge in [-0.15, -0.1) is 11.8 Å². The van der Waals surface area contributed by atoms with Gasteiger partial charge in [0.25, 0.3) is 10.0 Å². The molecule has 0 fully saturated rings. The van der Waals surface area contributed by atoms with Gasteiger partial charge in [-0.05, 0) is 97.1 Å². The third-order valence-electron chi connectivity index (χ3n) is 6.10. The van der Waals surface area contributed by atoms with Crippen molar-refractivity contribution < 1.29 is 27.1 Å². The molecule has 0 radical (unpaired) electrons. The van der Waals surface area contributed by atoms with Gasteiger partial charge < -0.3 is 14.8 Å². The second-order valence-electron chi connectivity index (χ2n) is 8.95. The van der Waals surface area contributed by atoms with E-state index in [0.29, 0.717) is 30.4 Å². The molecular formula is C31H31FN2O5S2. The van der Waals surface area contributed by atoms with E-state index in [0.717, 1.165) is 20.3 Å². The van der Waals surface area contributed by atoms with Crippen molar-refractivity contribution in [3.05, 3.63) is 114 Å². The molecule has 0 spiro atoms. The summed E-state index contributed by atoms with van der Waals surface area (Å²) in [6.07, 6.45) is 1.91. The van der Waals surface area contributed by atoms with E-state index in [9.17, 15) is 17.6 Å². The SMILES string of the molecule is CCOc1ccc(N(CC(=O)NCc2ccc(OCc3ccc(F)cc3)cc2)S(=O)(=O)c2ccc(SC)cc2)cc1. The van der Waals surface area contributed by atoms with Gasteiger partial charge in [0.05, 0.1) is 17.2 Å². The number of benzene rings is 4. The molecule has 4 rings (SSSR count). The number of thioether (sulfide) groups is 1. The third-order valence-corrected chi connectivity index (χ3v) is 8.63. The Bertz CT molecular complexity index is 1530. The molecule has 0 saturated heterocycles. The number of anilines is 1. The Morgan fingerprint density at radius 2 is 1.41 bits per heavy atom. The molecule has 0 heterocycles. The first-order chi connectivity index (χ1) is 19.8. The average Bonchev–Trinajstić information content (AvgIpc) is 2.99. The minimum absolute atomic E-state index is 0.0909. The van der Waals surface area contributed by atoms with E-state index in [2.05, 4.69) is 5.32 Å². The van der Waals surface area contributed by atoms with Crippen LogP contribution >= 0.6 is 11.8 Å². The molecular weight excluding hydrogens is 563 g/mol. The fraction of sp³-hybridized carbons (Fsp3) is 0.194. The van der Waals surface area contributed by atoms with E-state index in [4.69, 9.17) is 9.47 Å². The van der Waals surface area contributed by atoms with Gasteiger partial charge in [0.2, 0.25) is 5.91 Å². The first kappa shape index (κ1) is 30.0. The summed E-state index contributed by atoms with van der Waals surface area (Å²) in [4.78, 5) is 14.0. The topological polar surface area (TPSA) is 84.9 Å². The zero-order valence-electron chi connectivity index (χ0n) is 22.7. The van der Waals surface area contributed by atoms with Crippen molar-refractivity contribution in [2.45, 2.75) is 29.9 Å². The molecule has 0 bridgehead atoms. The highest BCUT2D eigenvalue weighted by molar-refractivity contribution is 7.98. The molecule has 1 amide bonds. The normalized spacial score (nSPS) is 11.1. The van der Waals surface area contributed by atoms with Crippen molar-refractivity contribution in [3.63, 3.8) is 0 Å². The fourth-order valence-corrected chi connectivity index (χ4v) is 5.73. The first-order valence-electron chi connectivity index (χ1n) is 12.9. The minimum Gasteiger partial charge on any atom is -0.494 e. The highest BCUT2D eigenvalue weighted by Gasteiger charge is 2.27. The maximum absolute atomic E-state index is 13.6. The predicted octanol–water partition coefficient (Wildman–Crippen LogP) is 6.04. The fourth-order valence-electron chi connectivity index (χ4n) is 3.90. The van der Waals surface area contributed by atoms with Crippen LogP contribution in [0.5, 0.6) is 11.5 Å². The molecule has 0 unspecified atom stereocenters. The molecule has 0 aromatic heterocycles. The number of halogens is 1. The van der Waals surface area contributed by atoms with Gasteiger partial charge in [-0.2, -0.15) is 0 Å². The van der Waals surface area contributed by atoms with Crippen molar-refractivity contribution in [2.24, 2.45) is 0 Å². The number of ether oxygens (including phenoxy) is 2. The number of nitrogens with zero attached hydrogens (tertiary/aromatic N) is 1. The van der Waals surface area contributed by atoms with Crippen LogP contribution in [0.15, 0.2) is 107 Å². The Balaban J connectivity index is 1.42. The molecule has 7 nitrogen and oxygen atoms in total. The van der Waals surface area contributed by atoms with Crippen LogP contribution in [0.25, 0.3) is 0 Å². The van der Waals surface area contributed by atoms with Crippen LogP contribution in [0.1, 0.15) is 18.1 Å². The van der Waals surface area contributed by atoms with Crippen LogP contribution in [0.2, 0.25) is 0 Å². The summed E-state index contributed by atoms with van der Waals surface area (Å²) >= 11 is 1.51. The van der Waals surface area contributed by atoms with Gasteiger partial charge in [0, 0.05) is 11.4 Å². The molecule has 10 heteroatoms. The van der Waals surface area contributed by atoms with Gasteiger partial charge in [-0.1, -0.05) is 24.3 Å². The van der Waals surface area contributed by atoms with E-state index >= 15 is 0 Å². The summed E-state index contributed by atoms with van der Waals surface area (Å²) in [6, 6.07) is 26.4. The average molecular weight is 595 g/mol. The number of nitrogens with one attached hydrogen (secondary N) is 1. The van der Waals surface area contributed by atoms with Crippen LogP contribution in [0.3, 0.4) is 0 Å². The number of hydrogen-bond acceptors (Lipinski definition) is 6. The summed E-state index contributed by atoms with van der Waals surface area (Å²) in [7, 11) is -4.03. The molecule has 0 aliphatic heterocycles. The molecule has 214 valence electrons. The molecule has 0 atom stereocenters. The maximum Gasteiger partial charge on any atom is 0.264 e. The lowest BCUT2D eigenvalue weighted by Crippen LogP contribution is -2.40. The van der Waals surface area contributed by atoms with E-state index in [1.807, 2.05) is 25.3 Å². The highest BCUT2D eigenvalue weighted by Crippen LogP contribution is 2.27. The zero-order valence-corrected chi connectivity index (χ0v) is 24.4. The first-order valence-corrected chi connectivity index (χ1v) is 15.6. The second-order valence-corrected chi connectivity index (χ2v) is 11.7. The molecule has 4 aromatic rings.